The van der Waals surface area contributed by atoms with Gasteiger partial charge in [-0.25, -0.2) is 0 Å². The van der Waals surface area contributed by atoms with Crippen LogP contribution in [-0.2, 0) is 0 Å². The Bertz CT molecular complexity index is 625. The van der Waals surface area contributed by atoms with Gasteiger partial charge in [-0.15, -0.1) is 0 Å². The number of oxazole rings is 1. The molecule has 0 aliphatic rings. The van der Waals surface area contributed by atoms with E-state index in [1.807, 2.05) is 0 Å². The molecule has 0 amide bonds. The maximum Gasteiger partial charge on any atom is 0.310 e. The van der Waals surface area contributed by atoms with E-state index in [1.165, 1.54) is 0 Å². The molecule has 90 valence electrons. The Balaban J connectivity index is 2.79. The first-order valence-corrected chi connectivity index (χ1v) is 6.19. The van der Waals surface area contributed by atoms with Gasteiger partial charge in [-0.1, -0.05) is 19.4 Å². The fourth-order valence-electron chi connectivity index (χ4n) is 1.17. The number of fused-ring (bicyclic) bond motifs is 1. The van der Waals surface area contributed by atoms with Gasteiger partial charge in [0.15, 0.2) is 5.58 Å². The van der Waals surface area contributed by atoms with Crippen LogP contribution in [-0.4, -0.2) is 4.98 Å². The smallest absolute Gasteiger partial charge is 0.310 e. The summed E-state index contributed by atoms with van der Waals surface area (Å²) in [5, 5.41) is 0. The molecule has 0 atom stereocenters. The van der Waals surface area contributed by atoms with Gasteiger partial charge in [0, 0.05) is 0 Å². The molecule has 0 spiro atoms. The molecule has 0 saturated heterocycles. The van der Waals surface area contributed by atoms with E-state index in [1.54, 1.807) is 0 Å². The van der Waals surface area contributed by atoms with Crippen LogP contribution in [0, 0.1) is 4.84 Å². The summed E-state index contributed by atoms with van der Waals surface area (Å²) >= 11 is 4.52. The Morgan fingerprint density at radius 2 is 1.75 bits per heavy atom. The van der Waals surface area contributed by atoms with Gasteiger partial charge in [0.1, 0.15) is 4.90 Å². The van der Waals surface area contributed by atoms with Gasteiger partial charge in [0.05, 0.1) is 5.52 Å². The van der Waals surface area contributed by atoms with Crippen LogP contribution >= 0.6 is 22.4 Å². The molecule has 2 rings (SSSR count). The van der Waals surface area contributed by atoms with Gasteiger partial charge in [0.2, 0.25) is 0 Å². The molecular weight excluding hydrogens is 273 g/mol. The molecule has 1 N–H and O–H groups in total. The summed E-state index contributed by atoms with van der Waals surface area (Å²) in [7, 11) is -9.64. The van der Waals surface area contributed by atoms with Gasteiger partial charge in [0.25, 0.3) is 4.84 Å². The number of hydrogen-bond acceptors (Lipinski definition) is 2. The lowest BCUT2D eigenvalue weighted by atomic mass is 10.3. The van der Waals surface area contributed by atoms with Gasteiger partial charge >= 0.3 is 10.2 Å². The van der Waals surface area contributed by atoms with Crippen molar-refractivity contribution < 1.29 is 23.8 Å². The molecule has 1 aromatic carbocycles. The number of halogens is 5. The van der Waals surface area contributed by atoms with Crippen molar-refractivity contribution in [2.24, 2.45) is 0 Å². The summed E-state index contributed by atoms with van der Waals surface area (Å²) in [6, 6.07) is 1.36. The Morgan fingerprint density at radius 3 is 2.31 bits per heavy atom. The van der Waals surface area contributed by atoms with Crippen LogP contribution in [0.3, 0.4) is 0 Å². The van der Waals surface area contributed by atoms with Crippen molar-refractivity contribution in [3.8, 4) is 0 Å². The molecule has 9 heteroatoms. The fourth-order valence-corrected chi connectivity index (χ4v) is 2.04. The van der Waals surface area contributed by atoms with E-state index in [0.717, 1.165) is 6.07 Å². The summed E-state index contributed by atoms with van der Waals surface area (Å²) in [4.78, 5) is 0.0945. The molecule has 1 heterocycles. The summed E-state index contributed by atoms with van der Waals surface area (Å²) < 4.78 is 66.8. The zero-order valence-electron chi connectivity index (χ0n) is 7.35. The lowest BCUT2D eigenvalue weighted by Gasteiger charge is -2.40. The van der Waals surface area contributed by atoms with Crippen LogP contribution < -0.4 is 0 Å². The van der Waals surface area contributed by atoms with Gasteiger partial charge < -0.3 is 9.40 Å². The zero-order valence-corrected chi connectivity index (χ0v) is 8.98. The third-order valence-corrected chi connectivity index (χ3v) is 3.17. The molecule has 2 nitrogen and oxygen atoms in total. The van der Waals surface area contributed by atoms with Gasteiger partial charge in [-0.05, 0) is 30.4 Å². The van der Waals surface area contributed by atoms with Gasteiger partial charge in [-0.3, -0.25) is 0 Å². The average molecular weight is 277 g/mol. The molecule has 1 aromatic heterocycles. The van der Waals surface area contributed by atoms with E-state index in [0.29, 0.717) is 0 Å². The SMILES string of the molecule is FS(F)(F)(F)(F)c1ccc2oc(=S)[nH]c2c1. The second kappa shape index (κ2) is 2.43. The van der Waals surface area contributed by atoms with E-state index in [4.69, 9.17) is 4.42 Å². The van der Waals surface area contributed by atoms with Crippen molar-refractivity contribution in [2.45, 2.75) is 4.90 Å². The molecule has 2 aromatic rings. The first kappa shape index (κ1) is 11.4. The predicted molar refractivity (Wildman–Crippen MR) is 52.8 cm³/mol. The van der Waals surface area contributed by atoms with E-state index < -0.39 is 15.1 Å². The van der Waals surface area contributed by atoms with Crippen molar-refractivity contribution in [1.82, 2.24) is 4.98 Å². The maximum atomic E-state index is 12.4. The van der Waals surface area contributed by atoms with Crippen LogP contribution in [0.1, 0.15) is 0 Å². The van der Waals surface area contributed by atoms with E-state index in [2.05, 4.69) is 17.2 Å². The molecule has 0 unspecified atom stereocenters. The lowest BCUT2D eigenvalue weighted by Crippen LogP contribution is -2.05. The number of hydrogen-bond donors (Lipinski definition) is 1. The summed E-state index contributed by atoms with van der Waals surface area (Å²) in [5.41, 5.74) is -0.216. The highest BCUT2D eigenvalue weighted by Gasteiger charge is 2.65. The number of H-pyrrole nitrogens is 1. The van der Waals surface area contributed by atoms with Crippen molar-refractivity contribution in [3.05, 3.63) is 23.0 Å². The maximum absolute atomic E-state index is 12.4. The Kier molecular flexibility index (Phi) is 1.73. The quantitative estimate of drug-likeness (QED) is 0.577. The fraction of sp³-hybridized carbons (Fsp3) is 0. The number of aromatic amines is 1. The molecule has 16 heavy (non-hydrogen) atoms. The summed E-state index contributed by atoms with van der Waals surface area (Å²) in [6.07, 6.45) is 0. The van der Waals surface area contributed by atoms with Crippen LogP contribution in [0.4, 0.5) is 19.4 Å². The minimum absolute atomic E-state index is 0.00407. The summed E-state index contributed by atoms with van der Waals surface area (Å²) in [6.45, 7) is 0. The largest absolute Gasteiger partial charge is 0.429 e. The third-order valence-electron chi connectivity index (χ3n) is 1.84. The Morgan fingerprint density at radius 1 is 1.12 bits per heavy atom. The van der Waals surface area contributed by atoms with Crippen molar-refractivity contribution in [1.29, 1.82) is 0 Å². The van der Waals surface area contributed by atoms with E-state index >= 15 is 0 Å². The van der Waals surface area contributed by atoms with Crippen LogP contribution in [0.2, 0.25) is 0 Å². The lowest BCUT2D eigenvalue weighted by molar-refractivity contribution is 0.364. The standard InChI is InChI=1S/C7H4F5NOS2/c8-16(9,10,11,12)4-1-2-6-5(3-4)13-7(15)14-6/h1-3H,(H,13,15). The minimum Gasteiger partial charge on any atom is -0.429 e. The monoisotopic (exact) mass is 277 g/mol. The highest BCUT2D eigenvalue weighted by molar-refractivity contribution is 8.45. The number of nitrogens with one attached hydrogen (secondary N) is 1. The van der Waals surface area contributed by atoms with Crippen LogP contribution in [0.15, 0.2) is 27.5 Å². The highest BCUT2D eigenvalue weighted by atomic mass is 32.5. The molecule has 0 fully saturated rings. The minimum atomic E-state index is -9.64. The third kappa shape index (κ3) is 2.05. The average Bonchev–Trinajstić information content (AvgIpc) is 2.38. The van der Waals surface area contributed by atoms with Crippen molar-refractivity contribution >= 4 is 33.5 Å². The Hall–Kier alpha value is -1.09. The highest BCUT2D eigenvalue weighted by Crippen LogP contribution is 3.02. The van der Waals surface area contributed by atoms with E-state index in [-0.39, 0.29) is 28.1 Å². The summed E-state index contributed by atoms with van der Waals surface area (Å²) in [5.74, 6) is 0. The molecule has 0 saturated carbocycles. The molecule has 0 aliphatic heterocycles. The normalized spacial score (nSPS) is 17.1. The van der Waals surface area contributed by atoms with Crippen LogP contribution in [0.25, 0.3) is 11.1 Å². The second-order valence-electron chi connectivity index (χ2n) is 3.14. The van der Waals surface area contributed by atoms with Gasteiger partial charge in [-0.2, -0.15) is 0 Å². The second-order valence-corrected chi connectivity index (χ2v) is 5.92. The van der Waals surface area contributed by atoms with Crippen molar-refractivity contribution in [3.63, 3.8) is 0 Å². The molecule has 0 aliphatic carbocycles. The molecule has 0 radical (unpaired) electrons. The Labute approximate surface area is 90.8 Å². The molecule has 0 bridgehead atoms. The molecular formula is C7H4F5NOS2. The zero-order chi connectivity index (χ0) is 12.3. The van der Waals surface area contributed by atoms with Crippen molar-refractivity contribution in [2.75, 3.05) is 0 Å². The first-order valence-electron chi connectivity index (χ1n) is 3.83. The number of benzene rings is 1. The van der Waals surface area contributed by atoms with E-state index in [9.17, 15) is 19.4 Å². The topological polar surface area (TPSA) is 28.9 Å². The predicted octanol–water partition coefficient (Wildman–Crippen LogP) is 5.15. The number of rotatable bonds is 1. The van der Waals surface area contributed by atoms with Crippen LogP contribution in [0.5, 0.6) is 0 Å². The number of aromatic nitrogens is 1. The first-order chi connectivity index (χ1) is 6.95.